The van der Waals surface area contributed by atoms with Gasteiger partial charge in [-0.2, -0.15) is 0 Å². The maximum Gasteiger partial charge on any atom is 0.315 e. The van der Waals surface area contributed by atoms with E-state index in [0.29, 0.717) is 29.4 Å². The highest BCUT2D eigenvalue weighted by molar-refractivity contribution is 6.31. The second-order valence-electron chi connectivity index (χ2n) is 6.21. The molecule has 0 aliphatic carbocycles. The molecule has 0 spiro atoms. The van der Waals surface area contributed by atoms with E-state index in [1.54, 1.807) is 13.0 Å². The number of methoxy groups -OCH3 is 1. The van der Waals surface area contributed by atoms with Gasteiger partial charge in [0.1, 0.15) is 5.92 Å². The molecule has 2 heterocycles. The lowest BCUT2D eigenvalue weighted by Crippen LogP contribution is -2.43. The Morgan fingerprint density at radius 2 is 2.04 bits per heavy atom. The molecule has 0 bridgehead atoms. The van der Waals surface area contributed by atoms with Crippen molar-refractivity contribution in [2.75, 3.05) is 27.2 Å². The highest BCUT2D eigenvalue weighted by Gasteiger charge is 2.44. The zero-order chi connectivity index (χ0) is 17.4. The summed E-state index contributed by atoms with van der Waals surface area (Å²) in [5.41, 5.74) is 2.71. The molecule has 5 nitrogen and oxygen atoms in total. The number of benzene rings is 1. The molecule has 1 aromatic carbocycles. The van der Waals surface area contributed by atoms with Crippen LogP contribution in [0.2, 0.25) is 5.02 Å². The number of ketones is 1. The molecule has 2 atom stereocenters. The highest BCUT2D eigenvalue weighted by atomic mass is 35.5. The number of hydrogen-bond donors (Lipinski definition) is 0. The maximum absolute atomic E-state index is 12.7. The van der Waals surface area contributed by atoms with Crippen LogP contribution < -0.4 is 0 Å². The first-order valence-corrected chi connectivity index (χ1v) is 8.14. The van der Waals surface area contributed by atoms with E-state index in [2.05, 4.69) is 4.99 Å². The van der Waals surface area contributed by atoms with E-state index >= 15 is 0 Å². The summed E-state index contributed by atoms with van der Waals surface area (Å²) in [7, 11) is 3.23. The van der Waals surface area contributed by atoms with Gasteiger partial charge in [0.15, 0.2) is 5.78 Å². The minimum Gasteiger partial charge on any atom is -0.468 e. The van der Waals surface area contributed by atoms with E-state index in [9.17, 15) is 9.59 Å². The summed E-state index contributed by atoms with van der Waals surface area (Å²) in [6.45, 7) is 2.68. The van der Waals surface area contributed by atoms with E-state index in [1.807, 2.05) is 30.1 Å². The minimum atomic E-state index is -0.638. The molecule has 126 valence electrons. The van der Waals surface area contributed by atoms with E-state index in [4.69, 9.17) is 16.3 Å². The molecule has 0 aromatic heterocycles. The third-order valence-corrected chi connectivity index (χ3v) is 4.89. The van der Waals surface area contributed by atoms with Crippen LogP contribution in [-0.4, -0.2) is 49.6 Å². The third-order valence-electron chi connectivity index (χ3n) is 4.55. The molecule has 2 aliphatic rings. The molecule has 1 aromatic rings. The van der Waals surface area contributed by atoms with E-state index in [-0.39, 0.29) is 5.78 Å². The average molecular weight is 347 g/mol. The molecule has 24 heavy (non-hydrogen) atoms. The minimum absolute atomic E-state index is 0.0196. The number of hydrogen-bond acceptors (Lipinski definition) is 5. The Hall–Kier alpha value is -1.98. The van der Waals surface area contributed by atoms with Gasteiger partial charge in [0.05, 0.1) is 19.4 Å². The highest BCUT2D eigenvalue weighted by Crippen LogP contribution is 2.43. The first-order chi connectivity index (χ1) is 11.4. The summed E-state index contributed by atoms with van der Waals surface area (Å²) < 4.78 is 4.98. The van der Waals surface area contributed by atoms with Gasteiger partial charge in [-0.3, -0.25) is 19.5 Å². The number of Topliss-reactive ketones (excluding diaryl/α,β-unsaturated/α-hetero) is 1. The van der Waals surface area contributed by atoms with Crippen molar-refractivity contribution in [1.29, 1.82) is 0 Å². The van der Waals surface area contributed by atoms with Crippen molar-refractivity contribution in [3.8, 4) is 0 Å². The fourth-order valence-electron chi connectivity index (χ4n) is 3.52. The van der Waals surface area contributed by atoms with Gasteiger partial charge in [0.25, 0.3) is 0 Å². The van der Waals surface area contributed by atoms with Crippen molar-refractivity contribution in [2.45, 2.75) is 12.8 Å². The number of aliphatic imine (C=N–C) groups is 1. The predicted molar refractivity (Wildman–Crippen MR) is 92.3 cm³/mol. The van der Waals surface area contributed by atoms with Crippen LogP contribution in [0.1, 0.15) is 18.4 Å². The Morgan fingerprint density at radius 1 is 1.33 bits per heavy atom. The Bertz CT molecular complexity index is 769. The van der Waals surface area contributed by atoms with E-state index in [1.165, 1.54) is 7.11 Å². The molecule has 0 fully saturated rings. The lowest BCUT2D eigenvalue weighted by molar-refractivity contribution is -0.143. The van der Waals surface area contributed by atoms with Crippen molar-refractivity contribution in [2.24, 2.45) is 10.9 Å². The summed E-state index contributed by atoms with van der Waals surface area (Å²) in [6.07, 6.45) is 0. The Morgan fingerprint density at radius 3 is 2.71 bits per heavy atom. The predicted octanol–water partition coefficient (Wildman–Crippen LogP) is 2.46. The molecular weight excluding hydrogens is 328 g/mol. The number of carbonyl (C=O) groups is 2. The van der Waals surface area contributed by atoms with Crippen LogP contribution in [-0.2, 0) is 14.3 Å². The van der Waals surface area contributed by atoms with Gasteiger partial charge < -0.3 is 4.74 Å². The smallest absolute Gasteiger partial charge is 0.315 e. The molecule has 0 saturated carbocycles. The van der Waals surface area contributed by atoms with Crippen LogP contribution >= 0.6 is 11.6 Å². The normalized spacial score (nSPS) is 24.5. The van der Waals surface area contributed by atoms with Crippen LogP contribution in [0.25, 0.3) is 0 Å². The van der Waals surface area contributed by atoms with Crippen LogP contribution in [0.15, 0.2) is 40.5 Å². The Balaban J connectivity index is 2.22. The number of esters is 1. The molecule has 0 saturated heterocycles. The van der Waals surface area contributed by atoms with Gasteiger partial charge >= 0.3 is 5.97 Å². The van der Waals surface area contributed by atoms with Crippen LogP contribution in [0.3, 0.4) is 0 Å². The van der Waals surface area contributed by atoms with Gasteiger partial charge in [-0.25, -0.2) is 0 Å². The largest absolute Gasteiger partial charge is 0.468 e. The molecule has 6 heteroatoms. The Labute approximate surface area is 146 Å². The van der Waals surface area contributed by atoms with Crippen molar-refractivity contribution in [3.05, 3.63) is 46.1 Å². The summed E-state index contributed by atoms with van der Waals surface area (Å²) in [5, 5.41) is 0.532. The van der Waals surface area contributed by atoms with Gasteiger partial charge in [-0.15, -0.1) is 0 Å². The average Bonchev–Trinajstić information content (AvgIpc) is 2.53. The van der Waals surface area contributed by atoms with Crippen LogP contribution in [0, 0.1) is 5.92 Å². The van der Waals surface area contributed by atoms with Crippen molar-refractivity contribution in [1.82, 2.24) is 4.90 Å². The van der Waals surface area contributed by atoms with Crippen LogP contribution in [0.5, 0.6) is 0 Å². The summed E-state index contributed by atoms with van der Waals surface area (Å²) in [6, 6.07) is 7.31. The van der Waals surface area contributed by atoms with E-state index in [0.717, 1.165) is 11.3 Å². The number of rotatable bonds is 2. The lowest BCUT2D eigenvalue weighted by atomic mass is 9.73. The fourth-order valence-corrected chi connectivity index (χ4v) is 3.78. The molecular formula is C18H19ClN2O3. The summed E-state index contributed by atoms with van der Waals surface area (Å²) >= 11 is 6.39. The zero-order valence-corrected chi connectivity index (χ0v) is 14.6. The summed E-state index contributed by atoms with van der Waals surface area (Å²) in [5.74, 6) is -1.52. The second-order valence-corrected chi connectivity index (χ2v) is 6.62. The lowest BCUT2D eigenvalue weighted by Gasteiger charge is -2.36. The topological polar surface area (TPSA) is 59.0 Å². The standard InChI is InChI=1S/C18H19ClN2O3/c1-10-15(18(23)24-3)16(11-6-4-5-7-12(11)19)17-13(20-10)8-21(2)9-14(17)22/h4-7,15-16H,8-9H2,1-3H3. The molecule has 2 unspecified atom stereocenters. The molecule has 2 aliphatic heterocycles. The quantitative estimate of drug-likeness (QED) is 0.772. The number of halogens is 1. The zero-order valence-electron chi connectivity index (χ0n) is 13.9. The first-order valence-electron chi connectivity index (χ1n) is 7.76. The molecule has 0 N–H and O–H groups in total. The van der Waals surface area contributed by atoms with Gasteiger partial charge in [0, 0.05) is 28.8 Å². The molecule has 3 rings (SSSR count). The summed E-state index contributed by atoms with van der Waals surface area (Å²) in [4.78, 5) is 31.6. The van der Waals surface area contributed by atoms with Crippen molar-refractivity contribution >= 4 is 29.1 Å². The number of nitrogens with zero attached hydrogens (tertiary/aromatic N) is 2. The first kappa shape index (κ1) is 16.9. The number of ether oxygens (including phenoxy) is 1. The third kappa shape index (κ3) is 2.78. The molecule has 0 amide bonds. The Kier molecular flexibility index (Phi) is 4.56. The van der Waals surface area contributed by atoms with Crippen molar-refractivity contribution < 1.29 is 14.3 Å². The van der Waals surface area contributed by atoms with Gasteiger partial charge in [-0.1, -0.05) is 29.8 Å². The molecule has 0 radical (unpaired) electrons. The van der Waals surface area contributed by atoms with Crippen molar-refractivity contribution in [3.63, 3.8) is 0 Å². The SMILES string of the molecule is COC(=O)C1C(C)=NC2=C(C(=O)CN(C)C2)C1c1ccccc1Cl. The van der Waals surface area contributed by atoms with Gasteiger partial charge in [0.2, 0.25) is 0 Å². The second kappa shape index (κ2) is 6.49. The van der Waals surface area contributed by atoms with E-state index < -0.39 is 17.8 Å². The van der Waals surface area contributed by atoms with Gasteiger partial charge in [-0.05, 0) is 25.6 Å². The number of carbonyl (C=O) groups excluding carboxylic acids is 2. The fraction of sp³-hybridized carbons (Fsp3) is 0.389. The maximum atomic E-state index is 12.7. The number of likely N-dealkylation sites (N-methyl/N-ethyl adjacent to an activating group) is 1. The van der Waals surface area contributed by atoms with Crippen LogP contribution in [0.4, 0.5) is 0 Å². The monoisotopic (exact) mass is 346 g/mol.